The van der Waals surface area contributed by atoms with Crippen molar-refractivity contribution in [1.29, 1.82) is 0 Å². The molecule has 3 nitrogen and oxygen atoms in total. The Morgan fingerprint density at radius 2 is 1.94 bits per heavy atom. The van der Waals surface area contributed by atoms with Gasteiger partial charge < -0.3 is 5.32 Å². The maximum Gasteiger partial charge on any atom is 0.0831 e. The first kappa shape index (κ1) is 11.0. The van der Waals surface area contributed by atoms with Gasteiger partial charge in [-0.25, -0.2) is 0 Å². The molecule has 84 valence electrons. The van der Waals surface area contributed by atoms with Crippen LogP contribution in [0.15, 0.2) is 24.3 Å². The fraction of sp³-hybridized carbons (Fsp3) is 0.250. The van der Waals surface area contributed by atoms with Crippen molar-refractivity contribution < 1.29 is 0 Å². The summed E-state index contributed by atoms with van der Waals surface area (Å²) in [5, 5.41) is 8.37. The van der Waals surface area contributed by atoms with Gasteiger partial charge in [0.15, 0.2) is 0 Å². The molecule has 0 aliphatic carbocycles. The molecule has 2 aromatic rings. The lowest BCUT2D eigenvalue weighted by atomic mass is 10.2. The van der Waals surface area contributed by atoms with Gasteiger partial charge >= 0.3 is 0 Å². The summed E-state index contributed by atoms with van der Waals surface area (Å²) in [6.07, 6.45) is 0. The lowest BCUT2D eigenvalue weighted by Gasteiger charge is -2.08. The standard InChI is InChI=1S/C12H14ClN3/c1-8-12(9(2)16(3)15-8)14-11-7-5-4-6-10(11)13/h4-7,14H,1-3H3. The third-order valence-corrected chi connectivity index (χ3v) is 2.97. The molecular formula is C12H14ClN3. The molecule has 1 heterocycles. The number of anilines is 2. The van der Waals surface area contributed by atoms with Crippen molar-refractivity contribution in [1.82, 2.24) is 9.78 Å². The summed E-state index contributed by atoms with van der Waals surface area (Å²) in [6.45, 7) is 4.01. The van der Waals surface area contributed by atoms with Crippen LogP contribution < -0.4 is 5.32 Å². The Balaban J connectivity index is 2.38. The van der Waals surface area contributed by atoms with E-state index in [1.807, 2.05) is 49.8 Å². The largest absolute Gasteiger partial charge is 0.351 e. The summed E-state index contributed by atoms with van der Waals surface area (Å²) in [4.78, 5) is 0. The second-order valence-corrected chi connectivity index (χ2v) is 4.18. The van der Waals surface area contributed by atoms with Crippen LogP contribution in [0.2, 0.25) is 5.02 Å². The molecular weight excluding hydrogens is 222 g/mol. The van der Waals surface area contributed by atoms with Crippen LogP contribution in [0.3, 0.4) is 0 Å². The van der Waals surface area contributed by atoms with Crippen molar-refractivity contribution in [2.24, 2.45) is 7.05 Å². The molecule has 4 heteroatoms. The zero-order valence-electron chi connectivity index (χ0n) is 9.58. The molecule has 0 bridgehead atoms. The lowest BCUT2D eigenvalue weighted by molar-refractivity contribution is 0.731. The molecule has 0 amide bonds. The van der Waals surface area contributed by atoms with E-state index < -0.39 is 0 Å². The molecule has 0 unspecified atom stereocenters. The molecule has 0 aliphatic heterocycles. The van der Waals surface area contributed by atoms with Crippen molar-refractivity contribution in [3.63, 3.8) is 0 Å². The van der Waals surface area contributed by atoms with Gasteiger partial charge in [0.05, 0.1) is 27.8 Å². The summed E-state index contributed by atoms with van der Waals surface area (Å²) < 4.78 is 1.86. The monoisotopic (exact) mass is 235 g/mol. The van der Waals surface area contributed by atoms with Crippen LogP contribution in [0.1, 0.15) is 11.4 Å². The van der Waals surface area contributed by atoms with Crippen LogP contribution >= 0.6 is 11.6 Å². The molecule has 0 atom stereocenters. The van der Waals surface area contributed by atoms with Crippen molar-refractivity contribution >= 4 is 23.0 Å². The van der Waals surface area contributed by atoms with Gasteiger partial charge in [-0.3, -0.25) is 4.68 Å². The predicted octanol–water partition coefficient (Wildman–Crippen LogP) is 3.43. The van der Waals surface area contributed by atoms with E-state index in [2.05, 4.69) is 10.4 Å². The van der Waals surface area contributed by atoms with Crippen molar-refractivity contribution in [3.05, 3.63) is 40.7 Å². The molecule has 0 saturated heterocycles. The average Bonchev–Trinajstić information content (AvgIpc) is 2.48. The highest BCUT2D eigenvalue weighted by Gasteiger charge is 2.10. The highest BCUT2D eigenvalue weighted by Crippen LogP contribution is 2.28. The Bertz CT molecular complexity index is 517. The van der Waals surface area contributed by atoms with Gasteiger partial charge in [-0.1, -0.05) is 23.7 Å². The summed E-state index contributed by atoms with van der Waals surface area (Å²) in [5.41, 5.74) is 4.00. The Morgan fingerprint density at radius 3 is 2.50 bits per heavy atom. The number of aryl methyl sites for hydroxylation is 2. The Kier molecular flexibility index (Phi) is 2.88. The van der Waals surface area contributed by atoms with Gasteiger partial charge in [0.1, 0.15) is 0 Å². The summed E-state index contributed by atoms with van der Waals surface area (Å²) in [7, 11) is 1.93. The third-order valence-electron chi connectivity index (χ3n) is 2.64. The molecule has 0 radical (unpaired) electrons. The predicted molar refractivity (Wildman–Crippen MR) is 67.4 cm³/mol. The Hall–Kier alpha value is -1.48. The van der Waals surface area contributed by atoms with Crippen molar-refractivity contribution in [2.45, 2.75) is 13.8 Å². The van der Waals surface area contributed by atoms with Gasteiger partial charge in [0.25, 0.3) is 0 Å². The van der Waals surface area contributed by atoms with E-state index >= 15 is 0 Å². The molecule has 1 aromatic carbocycles. The van der Waals surface area contributed by atoms with Crippen LogP contribution in [-0.2, 0) is 7.05 Å². The van der Waals surface area contributed by atoms with E-state index in [-0.39, 0.29) is 0 Å². The van der Waals surface area contributed by atoms with Crippen LogP contribution in [0, 0.1) is 13.8 Å². The number of rotatable bonds is 2. The smallest absolute Gasteiger partial charge is 0.0831 e. The average molecular weight is 236 g/mol. The van der Waals surface area contributed by atoms with Crippen molar-refractivity contribution in [2.75, 3.05) is 5.32 Å². The van der Waals surface area contributed by atoms with E-state index in [4.69, 9.17) is 11.6 Å². The quantitative estimate of drug-likeness (QED) is 0.864. The first-order chi connectivity index (χ1) is 7.59. The second-order valence-electron chi connectivity index (χ2n) is 3.77. The van der Waals surface area contributed by atoms with E-state index in [9.17, 15) is 0 Å². The Labute approximate surface area is 100 Å². The number of benzene rings is 1. The number of para-hydroxylation sites is 1. The lowest BCUT2D eigenvalue weighted by Crippen LogP contribution is -1.95. The van der Waals surface area contributed by atoms with Gasteiger partial charge in [-0.2, -0.15) is 5.10 Å². The van der Waals surface area contributed by atoms with E-state index in [1.165, 1.54) is 0 Å². The van der Waals surface area contributed by atoms with Crippen LogP contribution in [0.5, 0.6) is 0 Å². The third kappa shape index (κ3) is 1.91. The molecule has 0 aliphatic rings. The number of halogens is 1. The molecule has 16 heavy (non-hydrogen) atoms. The highest BCUT2D eigenvalue weighted by molar-refractivity contribution is 6.33. The summed E-state index contributed by atoms with van der Waals surface area (Å²) >= 11 is 6.10. The minimum atomic E-state index is 0.713. The number of nitrogens with zero attached hydrogens (tertiary/aromatic N) is 2. The summed E-state index contributed by atoms with van der Waals surface area (Å²) in [5.74, 6) is 0. The van der Waals surface area contributed by atoms with E-state index in [0.717, 1.165) is 22.8 Å². The number of hydrogen-bond acceptors (Lipinski definition) is 2. The normalized spacial score (nSPS) is 10.5. The second kappa shape index (κ2) is 4.18. The van der Waals surface area contributed by atoms with Crippen molar-refractivity contribution in [3.8, 4) is 0 Å². The summed E-state index contributed by atoms with van der Waals surface area (Å²) in [6, 6.07) is 7.69. The van der Waals surface area contributed by atoms with E-state index in [1.54, 1.807) is 0 Å². The fourth-order valence-electron chi connectivity index (χ4n) is 1.65. The molecule has 0 fully saturated rings. The van der Waals surface area contributed by atoms with Crippen LogP contribution in [0.25, 0.3) is 0 Å². The first-order valence-corrected chi connectivity index (χ1v) is 5.49. The fourth-order valence-corrected chi connectivity index (χ4v) is 1.83. The minimum Gasteiger partial charge on any atom is -0.351 e. The Morgan fingerprint density at radius 1 is 1.25 bits per heavy atom. The van der Waals surface area contributed by atoms with Gasteiger partial charge in [0, 0.05) is 7.05 Å². The maximum absolute atomic E-state index is 6.10. The molecule has 0 spiro atoms. The molecule has 0 saturated carbocycles. The minimum absolute atomic E-state index is 0.713. The zero-order valence-corrected chi connectivity index (χ0v) is 10.3. The zero-order chi connectivity index (χ0) is 11.7. The van der Waals surface area contributed by atoms with Crippen LogP contribution in [-0.4, -0.2) is 9.78 Å². The number of nitrogens with one attached hydrogen (secondary N) is 1. The SMILES string of the molecule is Cc1nn(C)c(C)c1Nc1ccccc1Cl. The maximum atomic E-state index is 6.10. The molecule has 1 aromatic heterocycles. The molecule has 2 rings (SSSR count). The van der Waals surface area contributed by atoms with Gasteiger partial charge in [-0.05, 0) is 26.0 Å². The van der Waals surface area contributed by atoms with E-state index in [0.29, 0.717) is 5.02 Å². The molecule has 1 N–H and O–H groups in total. The first-order valence-electron chi connectivity index (χ1n) is 5.11. The number of hydrogen-bond donors (Lipinski definition) is 1. The topological polar surface area (TPSA) is 29.9 Å². The number of aromatic nitrogens is 2. The van der Waals surface area contributed by atoms with Gasteiger partial charge in [0.2, 0.25) is 0 Å². The highest BCUT2D eigenvalue weighted by atomic mass is 35.5. The van der Waals surface area contributed by atoms with Gasteiger partial charge in [-0.15, -0.1) is 0 Å². The van der Waals surface area contributed by atoms with Crippen LogP contribution in [0.4, 0.5) is 11.4 Å².